The van der Waals surface area contributed by atoms with Gasteiger partial charge in [0.2, 0.25) is 0 Å². The summed E-state index contributed by atoms with van der Waals surface area (Å²) in [6.07, 6.45) is 1.87. The van der Waals surface area contributed by atoms with E-state index in [0.29, 0.717) is 63.9 Å². The molecule has 204 valence electrons. The zero-order valence-corrected chi connectivity index (χ0v) is 23.1. The predicted molar refractivity (Wildman–Crippen MR) is 154 cm³/mol. The zero-order chi connectivity index (χ0) is 27.8. The van der Waals surface area contributed by atoms with Crippen molar-refractivity contribution < 1.29 is 28.9 Å². The standard InChI is InChI=1S/C30H25ClN2O6S/c1-2-3-11-37-20-6-4-5-17(14-20)26-25(27(34)18-7-10-22-23(15-18)39-13-12-38-22)28(35)29(36)33(26)30-32-21-9-8-19(31)16-24(21)40-30/h4-10,14-16,26,34H,2-3,11-13H2,1H3. The van der Waals surface area contributed by atoms with Gasteiger partial charge in [-0.15, -0.1) is 0 Å². The van der Waals surface area contributed by atoms with Crippen LogP contribution in [0.4, 0.5) is 5.13 Å². The first-order chi connectivity index (χ1) is 19.4. The number of Topliss-reactive ketones (excluding diaryl/α,β-unsaturated/α-hetero) is 1. The minimum Gasteiger partial charge on any atom is -0.507 e. The molecule has 4 aromatic rings. The van der Waals surface area contributed by atoms with Crippen LogP contribution in [0.15, 0.2) is 66.2 Å². The predicted octanol–water partition coefficient (Wildman–Crippen LogP) is 6.53. The Morgan fingerprint density at radius 3 is 2.75 bits per heavy atom. The molecule has 2 aliphatic rings. The van der Waals surface area contributed by atoms with Gasteiger partial charge in [0.05, 0.1) is 28.4 Å². The van der Waals surface area contributed by atoms with Gasteiger partial charge in [0.1, 0.15) is 24.7 Å². The SMILES string of the molecule is CCCCOc1cccc(C2C(=C(O)c3ccc4c(c3)OCCO4)C(=O)C(=O)N2c2nc3ccc(Cl)cc3s2)c1. The number of benzene rings is 3. The number of amides is 1. The summed E-state index contributed by atoms with van der Waals surface area (Å²) in [5.41, 5.74) is 1.53. The van der Waals surface area contributed by atoms with Gasteiger partial charge in [-0.2, -0.15) is 0 Å². The minimum atomic E-state index is -0.945. The smallest absolute Gasteiger partial charge is 0.301 e. The summed E-state index contributed by atoms with van der Waals surface area (Å²) in [4.78, 5) is 33.2. The van der Waals surface area contributed by atoms with Crippen molar-refractivity contribution in [3.05, 3.63) is 82.4 Å². The van der Waals surface area contributed by atoms with E-state index in [2.05, 4.69) is 11.9 Å². The van der Waals surface area contributed by atoms with Gasteiger partial charge in [0, 0.05) is 10.6 Å². The molecule has 0 bridgehead atoms. The fraction of sp³-hybridized carbons (Fsp3) is 0.233. The fourth-order valence-corrected chi connectivity index (χ4v) is 6.06. The van der Waals surface area contributed by atoms with Crippen molar-refractivity contribution in [1.82, 2.24) is 4.98 Å². The number of fused-ring (bicyclic) bond motifs is 2. The third kappa shape index (κ3) is 4.76. The lowest BCUT2D eigenvalue weighted by atomic mass is 9.95. The molecule has 1 saturated heterocycles. The van der Waals surface area contributed by atoms with Crippen LogP contribution >= 0.6 is 22.9 Å². The summed E-state index contributed by atoms with van der Waals surface area (Å²) in [6.45, 7) is 3.41. The molecular formula is C30H25ClN2O6S. The first-order valence-electron chi connectivity index (χ1n) is 12.9. The van der Waals surface area contributed by atoms with Crippen molar-refractivity contribution >= 4 is 55.7 Å². The van der Waals surface area contributed by atoms with Crippen LogP contribution in [-0.2, 0) is 9.59 Å². The quantitative estimate of drug-likeness (QED) is 0.116. The average Bonchev–Trinajstić information content (AvgIpc) is 3.50. The lowest BCUT2D eigenvalue weighted by Crippen LogP contribution is -2.29. The molecule has 0 aliphatic carbocycles. The summed E-state index contributed by atoms with van der Waals surface area (Å²) in [6, 6.07) is 16.4. The number of ether oxygens (including phenoxy) is 3. The molecule has 1 atom stereocenters. The van der Waals surface area contributed by atoms with Gasteiger partial charge in [0.25, 0.3) is 5.78 Å². The van der Waals surface area contributed by atoms with Crippen LogP contribution in [0.3, 0.4) is 0 Å². The Morgan fingerprint density at radius 1 is 1.10 bits per heavy atom. The van der Waals surface area contributed by atoms with Crippen LogP contribution in [0.1, 0.15) is 36.9 Å². The van der Waals surface area contributed by atoms with Gasteiger partial charge in [-0.05, 0) is 60.5 Å². The molecule has 0 radical (unpaired) electrons. The van der Waals surface area contributed by atoms with Gasteiger partial charge in [-0.25, -0.2) is 4.98 Å². The van der Waals surface area contributed by atoms with E-state index in [1.807, 2.05) is 6.07 Å². The molecule has 40 heavy (non-hydrogen) atoms. The number of anilines is 1. The van der Waals surface area contributed by atoms with Gasteiger partial charge in [0.15, 0.2) is 16.6 Å². The van der Waals surface area contributed by atoms with E-state index in [1.54, 1.807) is 54.6 Å². The number of ketones is 1. The van der Waals surface area contributed by atoms with E-state index in [-0.39, 0.29) is 11.3 Å². The molecule has 2 aliphatic heterocycles. The van der Waals surface area contributed by atoms with Crippen molar-refractivity contribution in [2.24, 2.45) is 0 Å². The highest BCUT2D eigenvalue weighted by molar-refractivity contribution is 7.22. The highest BCUT2D eigenvalue weighted by atomic mass is 35.5. The Bertz CT molecular complexity index is 1670. The molecule has 8 nitrogen and oxygen atoms in total. The van der Waals surface area contributed by atoms with E-state index in [0.717, 1.165) is 17.5 Å². The topological polar surface area (TPSA) is 98.2 Å². The fourth-order valence-electron chi connectivity index (χ4n) is 4.79. The Labute approximate surface area is 239 Å². The Hall–Kier alpha value is -4.08. The second-order valence-electron chi connectivity index (χ2n) is 9.41. The van der Waals surface area contributed by atoms with Gasteiger partial charge in [-0.3, -0.25) is 14.5 Å². The average molecular weight is 577 g/mol. The zero-order valence-electron chi connectivity index (χ0n) is 21.6. The second-order valence-corrected chi connectivity index (χ2v) is 10.9. The molecule has 1 aromatic heterocycles. The summed E-state index contributed by atoms with van der Waals surface area (Å²) in [5, 5.41) is 12.4. The number of hydrogen-bond acceptors (Lipinski definition) is 8. The maximum absolute atomic E-state index is 13.6. The number of nitrogens with zero attached hydrogens (tertiary/aromatic N) is 2. The van der Waals surface area contributed by atoms with Crippen LogP contribution in [0.25, 0.3) is 16.0 Å². The monoisotopic (exact) mass is 576 g/mol. The third-order valence-corrected chi connectivity index (χ3v) is 8.00. The van der Waals surface area contributed by atoms with Gasteiger partial charge >= 0.3 is 5.91 Å². The number of halogens is 1. The molecule has 6 rings (SSSR count). The van der Waals surface area contributed by atoms with Crippen LogP contribution in [0.5, 0.6) is 17.2 Å². The molecule has 3 aromatic carbocycles. The Morgan fingerprint density at radius 2 is 1.93 bits per heavy atom. The third-order valence-electron chi connectivity index (χ3n) is 6.75. The second kappa shape index (κ2) is 10.8. The molecule has 0 saturated carbocycles. The van der Waals surface area contributed by atoms with Gasteiger partial charge < -0.3 is 19.3 Å². The first-order valence-corrected chi connectivity index (χ1v) is 14.1. The highest BCUT2D eigenvalue weighted by Gasteiger charge is 2.48. The maximum atomic E-state index is 13.6. The number of carbonyl (C=O) groups is 2. The number of aliphatic hydroxyl groups excluding tert-OH is 1. The van der Waals surface area contributed by atoms with Gasteiger partial charge in [-0.1, -0.05) is 48.4 Å². The van der Waals surface area contributed by atoms with E-state index in [1.165, 1.54) is 16.2 Å². The number of aromatic nitrogens is 1. The summed E-state index contributed by atoms with van der Waals surface area (Å²) in [7, 11) is 0. The van der Waals surface area contributed by atoms with Crippen LogP contribution < -0.4 is 19.1 Å². The summed E-state index contributed by atoms with van der Waals surface area (Å²) >= 11 is 7.43. The minimum absolute atomic E-state index is 0.0512. The number of aliphatic hydroxyl groups is 1. The molecule has 3 heterocycles. The van der Waals surface area contributed by atoms with Crippen LogP contribution in [-0.4, -0.2) is 41.6 Å². The Kier molecular flexibility index (Phi) is 7.08. The number of unbranched alkanes of at least 4 members (excludes halogenated alkanes) is 1. The lowest BCUT2D eigenvalue weighted by molar-refractivity contribution is -0.132. The summed E-state index contributed by atoms with van der Waals surface area (Å²) < 4.78 is 18.0. The number of thiazole rings is 1. The maximum Gasteiger partial charge on any atom is 0.301 e. The molecular weight excluding hydrogens is 552 g/mol. The molecule has 1 fully saturated rings. The van der Waals surface area contributed by atoms with Crippen molar-refractivity contribution in [2.45, 2.75) is 25.8 Å². The Balaban J connectivity index is 1.50. The number of rotatable bonds is 7. The van der Waals surface area contributed by atoms with Crippen molar-refractivity contribution in [2.75, 3.05) is 24.7 Å². The van der Waals surface area contributed by atoms with Crippen molar-refractivity contribution in [3.63, 3.8) is 0 Å². The highest BCUT2D eigenvalue weighted by Crippen LogP contribution is 2.45. The van der Waals surface area contributed by atoms with Crippen molar-refractivity contribution in [1.29, 1.82) is 0 Å². The summed E-state index contributed by atoms with van der Waals surface area (Å²) in [5.74, 6) is -0.310. The van der Waals surface area contributed by atoms with Crippen LogP contribution in [0.2, 0.25) is 5.02 Å². The van der Waals surface area contributed by atoms with Crippen LogP contribution in [0, 0.1) is 0 Å². The normalized spacial score (nSPS) is 17.9. The van der Waals surface area contributed by atoms with E-state index in [4.69, 9.17) is 25.8 Å². The number of hydrogen-bond donors (Lipinski definition) is 1. The lowest BCUT2D eigenvalue weighted by Gasteiger charge is -2.24. The first kappa shape index (κ1) is 26.2. The molecule has 1 unspecified atom stereocenters. The molecule has 10 heteroatoms. The molecule has 1 N–H and O–H groups in total. The van der Waals surface area contributed by atoms with E-state index >= 15 is 0 Å². The number of carbonyl (C=O) groups excluding carboxylic acids is 2. The largest absolute Gasteiger partial charge is 0.507 e. The van der Waals surface area contributed by atoms with E-state index in [9.17, 15) is 14.7 Å². The molecule has 0 spiro atoms. The van der Waals surface area contributed by atoms with E-state index < -0.39 is 17.7 Å². The van der Waals surface area contributed by atoms with Crippen molar-refractivity contribution in [3.8, 4) is 17.2 Å². The molecule has 1 amide bonds.